The van der Waals surface area contributed by atoms with E-state index in [2.05, 4.69) is 9.97 Å². The van der Waals surface area contributed by atoms with Crippen LogP contribution >= 0.6 is 46.4 Å². The zero-order valence-electron chi connectivity index (χ0n) is 7.72. The Morgan fingerprint density at radius 1 is 0.562 bits per heavy atom. The molecule has 2 rings (SSSR count). The van der Waals surface area contributed by atoms with Crippen LogP contribution in [0.15, 0.2) is 24.3 Å². The monoisotopic (exact) mass is 292 g/mol. The van der Waals surface area contributed by atoms with E-state index in [1.807, 2.05) is 0 Å². The summed E-state index contributed by atoms with van der Waals surface area (Å²) in [6.07, 6.45) is 0. The van der Waals surface area contributed by atoms with Gasteiger partial charge >= 0.3 is 0 Å². The van der Waals surface area contributed by atoms with Crippen molar-refractivity contribution >= 4 is 46.4 Å². The van der Waals surface area contributed by atoms with Gasteiger partial charge in [-0.05, 0) is 35.4 Å². The summed E-state index contributed by atoms with van der Waals surface area (Å²) in [7, 11) is 0. The zero-order chi connectivity index (χ0) is 11.7. The fraction of sp³-hybridized carbons (Fsp3) is 0. The zero-order valence-corrected chi connectivity index (χ0v) is 10.7. The van der Waals surface area contributed by atoms with Crippen LogP contribution in [0.25, 0.3) is 11.1 Å². The van der Waals surface area contributed by atoms with Gasteiger partial charge in [0.05, 0.1) is 0 Å². The Morgan fingerprint density at radius 3 is 1.06 bits per heavy atom. The van der Waals surface area contributed by atoms with Crippen molar-refractivity contribution in [3.05, 3.63) is 44.9 Å². The Bertz CT molecular complexity index is 452. The van der Waals surface area contributed by atoms with Gasteiger partial charge in [-0.1, -0.05) is 46.4 Å². The molecule has 0 atom stereocenters. The van der Waals surface area contributed by atoms with E-state index in [1.54, 1.807) is 24.3 Å². The minimum absolute atomic E-state index is 0.312. The fourth-order valence-corrected chi connectivity index (χ4v) is 2.18. The van der Waals surface area contributed by atoms with E-state index >= 15 is 0 Å². The molecule has 0 unspecified atom stereocenters. The van der Waals surface area contributed by atoms with Crippen molar-refractivity contribution in [1.29, 1.82) is 0 Å². The third-order valence-electron chi connectivity index (χ3n) is 1.86. The molecule has 0 aliphatic carbocycles. The lowest BCUT2D eigenvalue weighted by atomic mass is 10.1. The smallest absolute Gasteiger partial charge is 0.131 e. The number of aromatic nitrogens is 2. The van der Waals surface area contributed by atoms with Gasteiger partial charge in [0.15, 0.2) is 0 Å². The van der Waals surface area contributed by atoms with Gasteiger partial charge in [-0.3, -0.25) is 0 Å². The Hall–Kier alpha value is -0.540. The summed E-state index contributed by atoms with van der Waals surface area (Å²) in [6.45, 7) is 0. The first-order chi connectivity index (χ1) is 7.54. The standard InChI is InChI=1S/C10H4Cl4N2/c11-7-1-5(2-8(12)15-7)6-3-9(13)16-10(14)4-6/h1-4H. The number of hydrogen-bond donors (Lipinski definition) is 0. The van der Waals surface area contributed by atoms with Gasteiger partial charge in [-0.2, -0.15) is 0 Å². The second kappa shape index (κ2) is 4.76. The first-order valence-electron chi connectivity index (χ1n) is 4.21. The molecule has 0 bridgehead atoms. The van der Waals surface area contributed by atoms with Crippen molar-refractivity contribution in [3.63, 3.8) is 0 Å². The van der Waals surface area contributed by atoms with E-state index in [0.29, 0.717) is 20.6 Å². The highest BCUT2D eigenvalue weighted by atomic mass is 35.5. The van der Waals surface area contributed by atoms with Crippen molar-refractivity contribution < 1.29 is 0 Å². The molecule has 0 amide bonds. The van der Waals surface area contributed by atoms with Crippen LogP contribution in [0.1, 0.15) is 0 Å². The van der Waals surface area contributed by atoms with Crippen LogP contribution in [0.4, 0.5) is 0 Å². The topological polar surface area (TPSA) is 25.8 Å². The van der Waals surface area contributed by atoms with Gasteiger partial charge in [0.1, 0.15) is 20.6 Å². The molecule has 2 aromatic heterocycles. The maximum absolute atomic E-state index is 5.80. The maximum atomic E-state index is 5.80. The Morgan fingerprint density at radius 2 is 0.812 bits per heavy atom. The molecule has 2 nitrogen and oxygen atoms in total. The van der Waals surface area contributed by atoms with Crippen LogP contribution in [0.3, 0.4) is 0 Å². The van der Waals surface area contributed by atoms with Gasteiger partial charge in [-0.15, -0.1) is 0 Å². The molecule has 0 aromatic carbocycles. The first-order valence-corrected chi connectivity index (χ1v) is 5.72. The average molecular weight is 294 g/mol. The highest BCUT2D eigenvalue weighted by molar-refractivity contribution is 6.34. The van der Waals surface area contributed by atoms with Crippen molar-refractivity contribution in [2.24, 2.45) is 0 Å². The summed E-state index contributed by atoms with van der Waals surface area (Å²) < 4.78 is 0. The SMILES string of the molecule is Clc1cc(-c2cc(Cl)nc(Cl)c2)cc(Cl)n1. The molecule has 0 radical (unpaired) electrons. The molecule has 0 saturated carbocycles. The highest BCUT2D eigenvalue weighted by Crippen LogP contribution is 2.28. The molecule has 82 valence electrons. The second-order valence-electron chi connectivity index (χ2n) is 3.00. The van der Waals surface area contributed by atoms with Gasteiger partial charge in [0.25, 0.3) is 0 Å². The molecular weight excluding hydrogens is 290 g/mol. The highest BCUT2D eigenvalue weighted by Gasteiger charge is 2.05. The number of pyridine rings is 2. The normalized spacial score (nSPS) is 10.5. The van der Waals surface area contributed by atoms with E-state index in [-0.39, 0.29) is 0 Å². The van der Waals surface area contributed by atoms with Crippen molar-refractivity contribution in [3.8, 4) is 11.1 Å². The number of nitrogens with zero attached hydrogens (tertiary/aromatic N) is 2. The van der Waals surface area contributed by atoms with Crippen LogP contribution < -0.4 is 0 Å². The predicted molar refractivity (Wildman–Crippen MR) is 67.5 cm³/mol. The summed E-state index contributed by atoms with van der Waals surface area (Å²) in [5.74, 6) is 0. The number of rotatable bonds is 1. The summed E-state index contributed by atoms with van der Waals surface area (Å²) in [5, 5.41) is 1.25. The van der Waals surface area contributed by atoms with Crippen molar-refractivity contribution in [2.45, 2.75) is 0 Å². The molecule has 0 spiro atoms. The summed E-state index contributed by atoms with van der Waals surface area (Å²) in [6, 6.07) is 6.70. The van der Waals surface area contributed by atoms with E-state index in [4.69, 9.17) is 46.4 Å². The lowest BCUT2D eigenvalue weighted by molar-refractivity contribution is 1.31. The summed E-state index contributed by atoms with van der Waals surface area (Å²) in [4.78, 5) is 7.71. The Labute approximate surface area is 112 Å². The van der Waals surface area contributed by atoms with Gasteiger partial charge in [0.2, 0.25) is 0 Å². The lowest BCUT2D eigenvalue weighted by Gasteiger charge is -2.04. The number of hydrogen-bond acceptors (Lipinski definition) is 2. The predicted octanol–water partition coefficient (Wildman–Crippen LogP) is 4.76. The molecule has 0 aliphatic heterocycles. The van der Waals surface area contributed by atoms with Gasteiger partial charge in [-0.25, -0.2) is 9.97 Å². The van der Waals surface area contributed by atoms with Crippen LogP contribution in [0.2, 0.25) is 20.6 Å². The lowest BCUT2D eigenvalue weighted by Crippen LogP contribution is -1.85. The van der Waals surface area contributed by atoms with Crippen molar-refractivity contribution in [1.82, 2.24) is 9.97 Å². The molecule has 0 N–H and O–H groups in total. The molecular formula is C10H4Cl4N2. The van der Waals surface area contributed by atoms with Crippen LogP contribution in [0, 0.1) is 0 Å². The Balaban J connectivity index is 2.57. The molecule has 6 heteroatoms. The van der Waals surface area contributed by atoms with E-state index in [9.17, 15) is 0 Å². The first kappa shape index (κ1) is 11.9. The average Bonchev–Trinajstić information content (AvgIpc) is 2.14. The largest absolute Gasteiger partial charge is 0.224 e. The minimum atomic E-state index is 0.312. The molecule has 2 heterocycles. The quantitative estimate of drug-likeness (QED) is 0.709. The van der Waals surface area contributed by atoms with Crippen LogP contribution in [0.5, 0.6) is 0 Å². The van der Waals surface area contributed by atoms with Crippen molar-refractivity contribution in [2.75, 3.05) is 0 Å². The van der Waals surface area contributed by atoms with Gasteiger partial charge < -0.3 is 0 Å². The second-order valence-corrected chi connectivity index (χ2v) is 4.55. The fourth-order valence-electron chi connectivity index (χ4n) is 1.26. The van der Waals surface area contributed by atoms with Crippen LogP contribution in [-0.4, -0.2) is 9.97 Å². The molecule has 0 saturated heterocycles. The Kier molecular flexibility index (Phi) is 3.55. The number of halogens is 4. The molecule has 2 aromatic rings. The third-order valence-corrected chi connectivity index (χ3v) is 2.63. The minimum Gasteiger partial charge on any atom is -0.224 e. The molecule has 0 aliphatic rings. The molecule has 0 fully saturated rings. The van der Waals surface area contributed by atoms with Gasteiger partial charge in [0, 0.05) is 0 Å². The summed E-state index contributed by atoms with van der Waals surface area (Å²) >= 11 is 23.2. The van der Waals surface area contributed by atoms with E-state index < -0.39 is 0 Å². The third kappa shape index (κ3) is 2.77. The maximum Gasteiger partial charge on any atom is 0.131 e. The van der Waals surface area contributed by atoms with Crippen LogP contribution in [-0.2, 0) is 0 Å². The summed E-state index contributed by atoms with van der Waals surface area (Å²) in [5.41, 5.74) is 1.58. The van der Waals surface area contributed by atoms with E-state index in [1.165, 1.54) is 0 Å². The molecule has 16 heavy (non-hydrogen) atoms. The van der Waals surface area contributed by atoms with E-state index in [0.717, 1.165) is 11.1 Å².